The van der Waals surface area contributed by atoms with Gasteiger partial charge in [-0.2, -0.15) is 4.98 Å². The molecule has 1 aromatic carbocycles. The van der Waals surface area contributed by atoms with Gasteiger partial charge in [-0.05, 0) is 24.3 Å². The molecule has 25 heavy (non-hydrogen) atoms. The highest BCUT2D eigenvalue weighted by Gasteiger charge is 2.14. The van der Waals surface area contributed by atoms with Crippen LogP contribution in [0, 0.1) is 0 Å². The summed E-state index contributed by atoms with van der Waals surface area (Å²) < 4.78 is 10.2. The Labute approximate surface area is 141 Å². The van der Waals surface area contributed by atoms with E-state index in [0.29, 0.717) is 11.6 Å². The van der Waals surface area contributed by atoms with Crippen molar-refractivity contribution in [2.24, 2.45) is 0 Å². The summed E-state index contributed by atoms with van der Waals surface area (Å²) in [4.78, 5) is 27.7. The maximum absolute atomic E-state index is 11.8. The quantitative estimate of drug-likeness (QED) is 0.598. The van der Waals surface area contributed by atoms with Crippen molar-refractivity contribution in [2.75, 3.05) is 0 Å². The lowest BCUT2D eigenvalue weighted by atomic mass is 10.2. The minimum Gasteiger partial charge on any atom is -0.507 e. The smallest absolute Gasteiger partial charge is 0.273 e. The van der Waals surface area contributed by atoms with E-state index in [1.54, 1.807) is 24.3 Å². The number of furan rings is 1. The molecule has 0 fully saturated rings. The second kappa shape index (κ2) is 7.30. The number of aryl methyl sites for hydroxylation is 1. The number of carbonyl (C=O) groups is 2. The lowest BCUT2D eigenvalue weighted by Crippen LogP contribution is -2.41. The monoisotopic (exact) mass is 342 g/mol. The highest BCUT2D eigenvalue weighted by molar-refractivity contribution is 5.97. The van der Waals surface area contributed by atoms with Crippen LogP contribution in [0.5, 0.6) is 5.75 Å². The Hall–Kier alpha value is -3.62. The number of aromatic nitrogens is 2. The van der Waals surface area contributed by atoms with Gasteiger partial charge in [-0.15, -0.1) is 0 Å². The van der Waals surface area contributed by atoms with Crippen LogP contribution in [0.25, 0.3) is 11.6 Å². The zero-order valence-corrected chi connectivity index (χ0v) is 12.9. The number of hydrogen-bond donors (Lipinski definition) is 3. The van der Waals surface area contributed by atoms with Gasteiger partial charge in [0, 0.05) is 12.8 Å². The summed E-state index contributed by atoms with van der Waals surface area (Å²) in [6.07, 6.45) is 1.72. The summed E-state index contributed by atoms with van der Waals surface area (Å²) in [5, 5.41) is 13.3. The van der Waals surface area contributed by atoms with Crippen LogP contribution in [0.4, 0.5) is 0 Å². The zero-order chi connectivity index (χ0) is 17.6. The van der Waals surface area contributed by atoms with Crippen molar-refractivity contribution >= 4 is 11.8 Å². The molecule has 128 valence electrons. The molecule has 9 nitrogen and oxygen atoms in total. The number of benzene rings is 1. The van der Waals surface area contributed by atoms with Gasteiger partial charge in [0.15, 0.2) is 5.76 Å². The third kappa shape index (κ3) is 4.02. The van der Waals surface area contributed by atoms with Gasteiger partial charge < -0.3 is 14.0 Å². The van der Waals surface area contributed by atoms with Gasteiger partial charge in [-0.3, -0.25) is 20.4 Å². The average Bonchev–Trinajstić information content (AvgIpc) is 3.29. The van der Waals surface area contributed by atoms with E-state index in [1.165, 1.54) is 18.4 Å². The molecule has 0 saturated carbocycles. The number of nitrogens with zero attached hydrogens (tertiary/aromatic N) is 2. The zero-order valence-electron chi connectivity index (χ0n) is 12.9. The van der Waals surface area contributed by atoms with Gasteiger partial charge in [0.2, 0.25) is 17.6 Å². The molecular formula is C16H14N4O5. The maximum atomic E-state index is 11.8. The number of rotatable bonds is 5. The molecule has 0 aliphatic heterocycles. The van der Waals surface area contributed by atoms with Crippen molar-refractivity contribution in [2.45, 2.75) is 12.8 Å². The normalized spacial score (nSPS) is 10.4. The van der Waals surface area contributed by atoms with Crippen LogP contribution in [-0.4, -0.2) is 27.1 Å². The van der Waals surface area contributed by atoms with Crippen LogP contribution in [-0.2, 0) is 11.2 Å². The van der Waals surface area contributed by atoms with Crippen molar-refractivity contribution in [3.63, 3.8) is 0 Å². The first-order chi connectivity index (χ1) is 12.1. The van der Waals surface area contributed by atoms with Gasteiger partial charge in [0.25, 0.3) is 5.91 Å². The average molecular weight is 342 g/mol. The molecule has 3 N–H and O–H groups in total. The molecule has 0 aliphatic carbocycles. The SMILES string of the molecule is O=C(CCc1nc(-c2ccco2)no1)NNC(=O)c1ccccc1O. The number of hydrogen-bond acceptors (Lipinski definition) is 7. The Kier molecular flexibility index (Phi) is 4.74. The van der Waals surface area contributed by atoms with Crippen molar-refractivity contribution < 1.29 is 23.6 Å². The number of para-hydroxylation sites is 1. The fraction of sp³-hybridized carbons (Fsp3) is 0.125. The molecule has 0 radical (unpaired) electrons. The molecule has 2 aromatic heterocycles. The Morgan fingerprint density at radius 2 is 1.96 bits per heavy atom. The number of carbonyl (C=O) groups excluding carboxylic acids is 2. The molecule has 3 rings (SSSR count). The van der Waals surface area contributed by atoms with Crippen LogP contribution < -0.4 is 10.9 Å². The van der Waals surface area contributed by atoms with Crippen LogP contribution in [0.1, 0.15) is 22.7 Å². The molecule has 0 atom stereocenters. The van der Waals surface area contributed by atoms with Crippen molar-refractivity contribution in [3.8, 4) is 17.3 Å². The Morgan fingerprint density at radius 1 is 1.12 bits per heavy atom. The Bertz CT molecular complexity index is 872. The molecule has 2 heterocycles. The van der Waals surface area contributed by atoms with Crippen molar-refractivity contribution in [3.05, 3.63) is 54.1 Å². The maximum Gasteiger partial charge on any atom is 0.273 e. The first-order valence-electron chi connectivity index (χ1n) is 7.37. The molecule has 0 bridgehead atoms. The minimum absolute atomic E-state index is 0.0286. The van der Waals surface area contributed by atoms with E-state index in [2.05, 4.69) is 21.0 Å². The van der Waals surface area contributed by atoms with Crippen LogP contribution >= 0.6 is 0 Å². The summed E-state index contributed by atoms with van der Waals surface area (Å²) in [6, 6.07) is 9.39. The highest BCUT2D eigenvalue weighted by Crippen LogP contribution is 2.16. The number of nitrogens with one attached hydrogen (secondary N) is 2. The second-order valence-corrected chi connectivity index (χ2v) is 5.01. The first-order valence-corrected chi connectivity index (χ1v) is 7.37. The fourth-order valence-corrected chi connectivity index (χ4v) is 2.00. The van der Waals surface area contributed by atoms with Gasteiger partial charge >= 0.3 is 0 Å². The van der Waals surface area contributed by atoms with Crippen molar-refractivity contribution in [1.82, 2.24) is 21.0 Å². The number of hydrazine groups is 1. The first kappa shape index (κ1) is 16.2. The van der Waals surface area contributed by atoms with Crippen LogP contribution in [0.3, 0.4) is 0 Å². The van der Waals surface area contributed by atoms with Crippen molar-refractivity contribution in [1.29, 1.82) is 0 Å². The predicted octanol–water partition coefficient (Wildman–Crippen LogP) is 1.43. The van der Waals surface area contributed by atoms with E-state index in [4.69, 9.17) is 8.94 Å². The van der Waals surface area contributed by atoms with E-state index in [0.717, 1.165) is 0 Å². The summed E-state index contributed by atoms with van der Waals surface area (Å²) >= 11 is 0. The van der Waals surface area contributed by atoms with E-state index in [1.807, 2.05) is 0 Å². The summed E-state index contributed by atoms with van der Waals surface area (Å²) in [7, 11) is 0. The standard InChI is InChI=1S/C16H14N4O5/c21-11-5-2-1-4-10(11)16(23)19-18-13(22)7-8-14-17-15(20-25-14)12-6-3-9-24-12/h1-6,9,21H,7-8H2,(H,18,22)(H,19,23). The number of phenols is 1. The van der Waals surface area contributed by atoms with E-state index in [9.17, 15) is 14.7 Å². The van der Waals surface area contributed by atoms with E-state index in [-0.39, 0.29) is 30.0 Å². The fourth-order valence-electron chi connectivity index (χ4n) is 2.00. The molecule has 0 spiro atoms. The summed E-state index contributed by atoms with van der Waals surface area (Å²) in [5.74, 6) is -0.201. The predicted molar refractivity (Wildman–Crippen MR) is 84.0 cm³/mol. The lowest BCUT2D eigenvalue weighted by Gasteiger charge is -2.07. The molecule has 0 saturated heterocycles. The number of phenolic OH excluding ortho intramolecular Hbond substituents is 1. The van der Waals surface area contributed by atoms with E-state index < -0.39 is 11.8 Å². The van der Waals surface area contributed by atoms with Gasteiger partial charge in [0.1, 0.15) is 5.75 Å². The molecule has 2 amide bonds. The molecule has 9 heteroatoms. The molecule has 3 aromatic rings. The third-order valence-electron chi connectivity index (χ3n) is 3.24. The third-order valence-corrected chi connectivity index (χ3v) is 3.24. The molecule has 0 unspecified atom stereocenters. The molecular weight excluding hydrogens is 328 g/mol. The Morgan fingerprint density at radius 3 is 2.72 bits per heavy atom. The lowest BCUT2D eigenvalue weighted by molar-refractivity contribution is -0.121. The van der Waals surface area contributed by atoms with Gasteiger partial charge in [-0.1, -0.05) is 17.3 Å². The van der Waals surface area contributed by atoms with Gasteiger partial charge in [0.05, 0.1) is 11.8 Å². The largest absolute Gasteiger partial charge is 0.507 e. The summed E-state index contributed by atoms with van der Waals surface area (Å²) in [6.45, 7) is 0. The van der Waals surface area contributed by atoms with E-state index >= 15 is 0 Å². The molecule has 0 aliphatic rings. The Balaban J connectivity index is 1.47. The van der Waals surface area contributed by atoms with Gasteiger partial charge in [-0.25, -0.2) is 0 Å². The number of amides is 2. The second-order valence-electron chi connectivity index (χ2n) is 5.01. The minimum atomic E-state index is -0.621. The number of aromatic hydroxyl groups is 1. The highest BCUT2D eigenvalue weighted by atomic mass is 16.5. The van der Waals surface area contributed by atoms with Crippen LogP contribution in [0.15, 0.2) is 51.6 Å². The topological polar surface area (TPSA) is 130 Å². The van der Waals surface area contributed by atoms with Crippen LogP contribution in [0.2, 0.25) is 0 Å². The summed E-state index contributed by atoms with van der Waals surface area (Å²) in [5.41, 5.74) is 4.54.